The van der Waals surface area contributed by atoms with E-state index in [1.807, 2.05) is 24.3 Å². The lowest BCUT2D eigenvalue weighted by Gasteiger charge is -2.07. The average molecular weight is 413 g/mol. The van der Waals surface area contributed by atoms with E-state index in [0.717, 1.165) is 16.5 Å². The van der Waals surface area contributed by atoms with Crippen LogP contribution in [0.25, 0.3) is 21.0 Å². The number of benzene rings is 2. The van der Waals surface area contributed by atoms with Crippen LogP contribution in [0, 0.1) is 0 Å². The second-order valence-corrected chi connectivity index (χ2v) is 8.84. The van der Waals surface area contributed by atoms with Crippen molar-refractivity contribution in [1.82, 2.24) is 4.98 Å². The van der Waals surface area contributed by atoms with Gasteiger partial charge in [-0.1, -0.05) is 18.2 Å². The first-order valence-electron chi connectivity index (χ1n) is 8.22. The van der Waals surface area contributed by atoms with Gasteiger partial charge >= 0.3 is 0 Å². The second-order valence-electron chi connectivity index (χ2n) is 6.06. The van der Waals surface area contributed by atoms with Gasteiger partial charge in [-0.2, -0.15) is 0 Å². The molecule has 2 N–H and O–H groups in total. The topological polar surface area (TPSA) is 101 Å². The SMILES string of the molecule is CS(=O)(=O)Nc1cccc(NC(=O)c2ccc(-c3nc4ccccc4s3)o2)c1. The number of thiazole rings is 1. The number of nitrogens with zero attached hydrogens (tertiary/aromatic N) is 1. The molecule has 0 saturated carbocycles. The highest BCUT2D eigenvalue weighted by molar-refractivity contribution is 7.92. The molecule has 0 spiro atoms. The highest BCUT2D eigenvalue weighted by Crippen LogP contribution is 2.31. The third-order valence-corrected chi connectivity index (χ3v) is 5.42. The van der Waals surface area contributed by atoms with Gasteiger partial charge in [-0.25, -0.2) is 13.4 Å². The number of amides is 1. The van der Waals surface area contributed by atoms with E-state index in [0.29, 0.717) is 22.1 Å². The summed E-state index contributed by atoms with van der Waals surface area (Å²) in [6.07, 6.45) is 1.06. The third-order valence-electron chi connectivity index (χ3n) is 3.76. The highest BCUT2D eigenvalue weighted by atomic mass is 32.2. The van der Waals surface area contributed by atoms with Gasteiger partial charge in [0.15, 0.2) is 16.5 Å². The maximum absolute atomic E-state index is 12.5. The summed E-state index contributed by atoms with van der Waals surface area (Å²) in [6, 6.07) is 17.4. The van der Waals surface area contributed by atoms with E-state index >= 15 is 0 Å². The van der Waals surface area contributed by atoms with Crippen LogP contribution in [0.3, 0.4) is 0 Å². The van der Waals surface area contributed by atoms with E-state index in [1.165, 1.54) is 17.4 Å². The lowest BCUT2D eigenvalue weighted by Crippen LogP contribution is -2.12. The number of para-hydroxylation sites is 1. The molecule has 9 heteroatoms. The zero-order valence-corrected chi connectivity index (χ0v) is 16.3. The molecule has 7 nitrogen and oxygen atoms in total. The van der Waals surface area contributed by atoms with Gasteiger partial charge in [-0.15, -0.1) is 11.3 Å². The van der Waals surface area contributed by atoms with Crippen LogP contribution in [-0.4, -0.2) is 25.6 Å². The molecule has 0 aliphatic carbocycles. The first-order chi connectivity index (χ1) is 13.4. The zero-order chi connectivity index (χ0) is 19.7. The van der Waals surface area contributed by atoms with Gasteiger partial charge in [0.05, 0.1) is 22.2 Å². The molecule has 2 aromatic carbocycles. The molecule has 0 fully saturated rings. The van der Waals surface area contributed by atoms with Crippen LogP contribution in [0.1, 0.15) is 10.6 Å². The molecule has 1 amide bonds. The molecule has 142 valence electrons. The quantitative estimate of drug-likeness (QED) is 0.511. The number of carbonyl (C=O) groups is 1. The van der Waals surface area contributed by atoms with Crippen molar-refractivity contribution in [1.29, 1.82) is 0 Å². The van der Waals surface area contributed by atoms with Crippen molar-refractivity contribution in [3.05, 3.63) is 66.4 Å². The summed E-state index contributed by atoms with van der Waals surface area (Å²) in [5, 5.41) is 3.39. The van der Waals surface area contributed by atoms with Crippen molar-refractivity contribution in [3.8, 4) is 10.8 Å². The molecule has 2 heterocycles. The Morgan fingerprint density at radius 1 is 1.04 bits per heavy atom. The molecule has 0 saturated heterocycles. The van der Waals surface area contributed by atoms with Crippen LogP contribution >= 0.6 is 11.3 Å². The van der Waals surface area contributed by atoms with Gasteiger partial charge in [0.2, 0.25) is 10.0 Å². The normalized spacial score (nSPS) is 11.5. The fourth-order valence-electron chi connectivity index (χ4n) is 2.62. The van der Waals surface area contributed by atoms with Crippen molar-refractivity contribution < 1.29 is 17.6 Å². The molecule has 0 unspecified atom stereocenters. The summed E-state index contributed by atoms with van der Waals surface area (Å²) in [5.74, 6) is 0.207. The van der Waals surface area contributed by atoms with Gasteiger partial charge in [0, 0.05) is 5.69 Å². The molecule has 0 radical (unpaired) electrons. The number of nitrogens with one attached hydrogen (secondary N) is 2. The monoisotopic (exact) mass is 413 g/mol. The van der Waals surface area contributed by atoms with E-state index in [4.69, 9.17) is 4.42 Å². The van der Waals surface area contributed by atoms with Gasteiger partial charge in [0.1, 0.15) is 0 Å². The van der Waals surface area contributed by atoms with Crippen molar-refractivity contribution in [2.45, 2.75) is 0 Å². The minimum atomic E-state index is -3.40. The lowest BCUT2D eigenvalue weighted by molar-refractivity contribution is 0.0997. The van der Waals surface area contributed by atoms with Crippen LogP contribution in [0.2, 0.25) is 0 Å². The lowest BCUT2D eigenvalue weighted by atomic mass is 10.3. The van der Waals surface area contributed by atoms with Crippen molar-refractivity contribution in [2.24, 2.45) is 0 Å². The number of carbonyl (C=O) groups excluding carboxylic acids is 1. The van der Waals surface area contributed by atoms with E-state index in [2.05, 4.69) is 15.0 Å². The summed E-state index contributed by atoms with van der Waals surface area (Å²) in [5.41, 5.74) is 1.67. The van der Waals surface area contributed by atoms with E-state index < -0.39 is 15.9 Å². The van der Waals surface area contributed by atoms with Crippen LogP contribution in [-0.2, 0) is 10.0 Å². The molecule has 2 aromatic heterocycles. The highest BCUT2D eigenvalue weighted by Gasteiger charge is 2.15. The minimum Gasteiger partial charge on any atom is -0.448 e. The number of hydrogen-bond donors (Lipinski definition) is 2. The Hall–Kier alpha value is -3.17. The van der Waals surface area contributed by atoms with E-state index in [-0.39, 0.29) is 5.76 Å². The van der Waals surface area contributed by atoms with Crippen LogP contribution in [0.15, 0.2) is 65.1 Å². The number of sulfonamides is 1. The summed E-state index contributed by atoms with van der Waals surface area (Å²) >= 11 is 1.48. The number of hydrogen-bond acceptors (Lipinski definition) is 6. The first-order valence-corrected chi connectivity index (χ1v) is 10.9. The number of fused-ring (bicyclic) bond motifs is 1. The molecule has 4 rings (SSSR count). The Morgan fingerprint density at radius 2 is 1.82 bits per heavy atom. The van der Waals surface area contributed by atoms with Gasteiger partial charge in [0.25, 0.3) is 5.91 Å². The fourth-order valence-corrected chi connectivity index (χ4v) is 4.10. The van der Waals surface area contributed by atoms with Crippen LogP contribution in [0.4, 0.5) is 11.4 Å². The minimum absolute atomic E-state index is 0.135. The second kappa shape index (κ2) is 7.10. The Labute approximate surface area is 165 Å². The third kappa shape index (κ3) is 4.05. The van der Waals surface area contributed by atoms with Gasteiger partial charge in [-0.3, -0.25) is 9.52 Å². The molecular weight excluding hydrogens is 398 g/mol. The van der Waals surface area contributed by atoms with Crippen LogP contribution < -0.4 is 10.0 Å². The van der Waals surface area contributed by atoms with E-state index in [9.17, 15) is 13.2 Å². The summed E-state index contributed by atoms with van der Waals surface area (Å²) in [4.78, 5) is 17.0. The molecule has 4 aromatic rings. The largest absolute Gasteiger partial charge is 0.448 e. The first kappa shape index (κ1) is 18.2. The predicted molar refractivity (Wildman–Crippen MR) is 110 cm³/mol. The molecule has 0 aliphatic heterocycles. The molecule has 28 heavy (non-hydrogen) atoms. The standard InChI is InChI=1S/C19H15N3O4S2/c1-28(24,25)22-13-6-4-5-12(11-13)20-18(23)15-9-10-16(26-15)19-21-14-7-2-3-8-17(14)27-19/h2-11,22H,1H3,(H,20,23). The molecule has 0 atom stereocenters. The summed E-state index contributed by atoms with van der Waals surface area (Å²) in [7, 11) is -3.40. The number of aromatic nitrogens is 1. The van der Waals surface area contributed by atoms with Crippen LogP contribution in [0.5, 0.6) is 0 Å². The predicted octanol–water partition coefficient (Wildman–Crippen LogP) is 4.18. The average Bonchev–Trinajstić information content (AvgIpc) is 3.27. The smallest absolute Gasteiger partial charge is 0.291 e. The number of anilines is 2. The Balaban J connectivity index is 1.53. The maximum Gasteiger partial charge on any atom is 0.291 e. The number of rotatable bonds is 5. The fraction of sp³-hybridized carbons (Fsp3) is 0.0526. The molecule has 0 aliphatic rings. The Morgan fingerprint density at radius 3 is 2.61 bits per heavy atom. The summed E-state index contributed by atoms with van der Waals surface area (Å²) < 4.78 is 31.7. The Bertz CT molecular complexity index is 1240. The van der Waals surface area contributed by atoms with E-state index in [1.54, 1.807) is 30.3 Å². The van der Waals surface area contributed by atoms with Crippen molar-refractivity contribution >= 4 is 48.9 Å². The van der Waals surface area contributed by atoms with Gasteiger partial charge < -0.3 is 9.73 Å². The zero-order valence-electron chi connectivity index (χ0n) is 14.7. The summed E-state index contributed by atoms with van der Waals surface area (Å²) in [6.45, 7) is 0. The molecule has 0 bridgehead atoms. The molecular formula is C19H15N3O4S2. The van der Waals surface area contributed by atoms with Gasteiger partial charge in [-0.05, 0) is 42.5 Å². The Kier molecular flexibility index (Phi) is 4.62. The number of furan rings is 1. The van der Waals surface area contributed by atoms with Crippen molar-refractivity contribution in [3.63, 3.8) is 0 Å². The van der Waals surface area contributed by atoms with Crippen molar-refractivity contribution in [2.75, 3.05) is 16.3 Å². The maximum atomic E-state index is 12.5.